The number of aliphatic carboxylic acids is 1. The summed E-state index contributed by atoms with van der Waals surface area (Å²) in [5, 5.41) is 9.00. The molecule has 1 N–H and O–H groups in total. The Morgan fingerprint density at radius 2 is 2.00 bits per heavy atom. The maximum Gasteiger partial charge on any atom is 0.309 e. The molecule has 1 rings (SSSR count). The largest absolute Gasteiger partial charge is 0.481 e. The Labute approximate surface area is 94.7 Å². The normalized spacial score (nSPS) is 12.3. The number of carboxylic acids is 1. The van der Waals surface area contributed by atoms with Crippen molar-refractivity contribution in [3.8, 4) is 0 Å². The topological polar surface area (TPSA) is 55.8 Å². The minimum atomic E-state index is -0.872. The Kier molecular flexibility index (Phi) is 5.53. The van der Waals surface area contributed by atoms with E-state index in [0.717, 1.165) is 5.56 Å². The Morgan fingerprint density at radius 3 is 2.56 bits per heavy atom. The van der Waals surface area contributed by atoms with E-state index in [4.69, 9.17) is 9.99 Å². The number of rotatable bonds is 7. The number of carboxylic acid groups (broad SMARTS) is 1. The average Bonchev–Trinajstić information content (AvgIpc) is 2.29. The quantitative estimate of drug-likeness (QED) is 0.436. The van der Waals surface area contributed by atoms with E-state index in [2.05, 4.69) is 4.89 Å². The maximum atomic E-state index is 11.0. The van der Waals surface area contributed by atoms with Crippen molar-refractivity contribution in [2.75, 3.05) is 13.2 Å². The van der Waals surface area contributed by atoms with Crippen molar-refractivity contribution in [3.63, 3.8) is 0 Å². The van der Waals surface area contributed by atoms with Crippen molar-refractivity contribution in [2.45, 2.75) is 13.3 Å². The average molecular weight is 224 g/mol. The molecule has 4 nitrogen and oxygen atoms in total. The molecule has 0 heterocycles. The molecule has 0 aliphatic carbocycles. The lowest BCUT2D eigenvalue weighted by molar-refractivity contribution is -0.297. The van der Waals surface area contributed by atoms with Gasteiger partial charge in [0.25, 0.3) is 0 Å². The van der Waals surface area contributed by atoms with Crippen molar-refractivity contribution in [1.82, 2.24) is 0 Å². The highest BCUT2D eigenvalue weighted by atomic mass is 17.2. The summed E-state index contributed by atoms with van der Waals surface area (Å²) in [6.45, 7) is 2.27. The summed E-state index contributed by atoms with van der Waals surface area (Å²) in [5.41, 5.74) is 0.981. The summed E-state index contributed by atoms with van der Waals surface area (Å²) in [7, 11) is 0. The zero-order valence-electron chi connectivity index (χ0n) is 9.26. The van der Waals surface area contributed by atoms with Gasteiger partial charge in [-0.2, -0.15) is 0 Å². The van der Waals surface area contributed by atoms with E-state index < -0.39 is 11.9 Å². The summed E-state index contributed by atoms with van der Waals surface area (Å²) in [5.74, 6) is -1.45. The smallest absolute Gasteiger partial charge is 0.309 e. The lowest BCUT2D eigenvalue weighted by Crippen LogP contribution is -2.22. The van der Waals surface area contributed by atoms with Crippen molar-refractivity contribution in [3.05, 3.63) is 35.9 Å². The Hall–Kier alpha value is -1.39. The van der Waals surface area contributed by atoms with Gasteiger partial charge < -0.3 is 5.11 Å². The molecule has 0 amide bonds. The molecule has 0 fully saturated rings. The van der Waals surface area contributed by atoms with E-state index in [0.29, 0.717) is 13.0 Å². The summed E-state index contributed by atoms with van der Waals surface area (Å²) in [6, 6.07) is 9.47. The molecule has 0 radical (unpaired) electrons. The molecule has 1 aromatic rings. The highest BCUT2D eigenvalue weighted by Gasteiger charge is 2.18. The molecule has 16 heavy (non-hydrogen) atoms. The predicted octanol–water partition coefficient (Wildman–Crippen LogP) is 1.90. The second-order valence-corrected chi connectivity index (χ2v) is 3.42. The van der Waals surface area contributed by atoms with Gasteiger partial charge in [-0.05, 0) is 18.9 Å². The van der Waals surface area contributed by atoms with Gasteiger partial charge in [0.05, 0.1) is 19.1 Å². The third-order valence-corrected chi connectivity index (χ3v) is 2.14. The van der Waals surface area contributed by atoms with Gasteiger partial charge in [0.2, 0.25) is 0 Å². The monoisotopic (exact) mass is 224 g/mol. The van der Waals surface area contributed by atoms with E-state index >= 15 is 0 Å². The van der Waals surface area contributed by atoms with Gasteiger partial charge in [-0.25, -0.2) is 9.78 Å². The van der Waals surface area contributed by atoms with Crippen molar-refractivity contribution in [1.29, 1.82) is 0 Å². The van der Waals surface area contributed by atoms with Gasteiger partial charge in [0.15, 0.2) is 0 Å². The van der Waals surface area contributed by atoms with Crippen molar-refractivity contribution >= 4 is 5.97 Å². The zero-order valence-corrected chi connectivity index (χ0v) is 9.26. The highest BCUT2D eigenvalue weighted by molar-refractivity contribution is 5.70. The van der Waals surface area contributed by atoms with E-state index in [1.54, 1.807) is 6.92 Å². The zero-order chi connectivity index (χ0) is 11.8. The molecule has 88 valence electrons. The van der Waals surface area contributed by atoms with Crippen LogP contribution in [0.5, 0.6) is 0 Å². The molecule has 0 spiro atoms. The number of benzene rings is 1. The summed E-state index contributed by atoms with van der Waals surface area (Å²) in [4.78, 5) is 20.4. The van der Waals surface area contributed by atoms with Gasteiger partial charge in [0.1, 0.15) is 0 Å². The van der Waals surface area contributed by atoms with Gasteiger partial charge in [-0.15, -0.1) is 0 Å². The second-order valence-electron chi connectivity index (χ2n) is 3.42. The predicted molar refractivity (Wildman–Crippen MR) is 58.8 cm³/mol. The van der Waals surface area contributed by atoms with Gasteiger partial charge >= 0.3 is 5.97 Å². The van der Waals surface area contributed by atoms with Crippen LogP contribution in [0.2, 0.25) is 0 Å². The fraction of sp³-hybridized carbons (Fsp3) is 0.417. The molecule has 1 unspecified atom stereocenters. The van der Waals surface area contributed by atoms with Crippen LogP contribution in [-0.2, 0) is 21.0 Å². The molecule has 0 aliphatic rings. The van der Waals surface area contributed by atoms with Crippen LogP contribution in [0.15, 0.2) is 30.3 Å². The first kappa shape index (κ1) is 12.7. The summed E-state index contributed by atoms with van der Waals surface area (Å²) < 4.78 is 0. The molecule has 1 aromatic carbocycles. The first-order chi connectivity index (χ1) is 7.74. The van der Waals surface area contributed by atoms with Gasteiger partial charge in [-0.1, -0.05) is 30.3 Å². The standard InChI is InChI=1S/C12H16O4/c1-2-15-16-9-11(12(13)14)8-10-6-4-3-5-7-10/h3-7,11H,2,8-9H2,1H3,(H,13,14). The van der Waals surface area contributed by atoms with Crippen LogP contribution in [-0.4, -0.2) is 24.3 Å². The second kappa shape index (κ2) is 6.98. The Morgan fingerprint density at radius 1 is 1.31 bits per heavy atom. The van der Waals surface area contributed by atoms with Crippen LogP contribution in [0.4, 0.5) is 0 Å². The first-order valence-corrected chi connectivity index (χ1v) is 5.25. The number of hydrogen-bond donors (Lipinski definition) is 1. The minimum Gasteiger partial charge on any atom is -0.481 e. The molecule has 1 atom stereocenters. The number of hydrogen-bond acceptors (Lipinski definition) is 3. The molecule has 0 aromatic heterocycles. The van der Waals surface area contributed by atoms with Crippen LogP contribution in [0.3, 0.4) is 0 Å². The lowest BCUT2D eigenvalue weighted by Gasteiger charge is -2.11. The Balaban J connectivity index is 2.48. The first-order valence-electron chi connectivity index (χ1n) is 5.25. The van der Waals surface area contributed by atoms with Crippen LogP contribution in [0.25, 0.3) is 0 Å². The Bertz CT molecular complexity index is 310. The molecule has 4 heteroatoms. The number of carbonyl (C=O) groups is 1. The molecule has 0 saturated heterocycles. The molecule has 0 saturated carbocycles. The van der Waals surface area contributed by atoms with Gasteiger partial charge in [0, 0.05) is 0 Å². The summed E-state index contributed by atoms with van der Waals surface area (Å²) in [6.07, 6.45) is 0.448. The molecular formula is C12H16O4. The van der Waals surface area contributed by atoms with E-state index in [9.17, 15) is 4.79 Å². The van der Waals surface area contributed by atoms with Crippen LogP contribution >= 0.6 is 0 Å². The van der Waals surface area contributed by atoms with E-state index in [-0.39, 0.29) is 6.61 Å². The van der Waals surface area contributed by atoms with E-state index in [1.165, 1.54) is 0 Å². The lowest BCUT2D eigenvalue weighted by atomic mass is 10.0. The summed E-state index contributed by atoms with van der Waals surface area (Å²) >= 11 is 0. The highest BCUT2D eigenvalue weighted by Crippen LogP contribution is 2.09. The minimum absolute atomic E-state index is 0.0675. The molecule has 0 bridgehead atoms. The third kappa shape index (κ3) is 4.42. The fourth-order valence-electron chi connectivity index (χ4n) is 1.33. The molecule has 0 aliphatic heterocycles. The van der Waals surface area contributed by atoms with Crippen LogP contribution < -0.4 is 0 Å². The van der Waals surface area contributed by atoms with E-state index in [1.807, 2.05) is 30.3 Å². The maximum absolute atomic E-state index is 11.0. The van der Waals surface area contributed by atoms with Gasteiger partial charge in [-0.3, -0.25) is 4.79 Å². The van der Waals surface area contributed by atoms with Crippen LogP contribution in [0.1, 0.15) is 12.5 Å². The molecular weight excluding hydrogens is 208 g/mol. The van der Waals surface area contributed by atoms with Crippen molar-refractivity contribution < 1.29 is 19.7 Å². The third-order valence-electron chi connectivity index (χ3n) is 2.14. The van der Waals surface area contributed by atoms with Crippen LogP contribution in [0, 0.1) is 5.92 Å². The van der Waals surface area contributed by atoms with Crippen molar-refractivity contribution in [2.24, 2.45) is 5.92 Å². The SMILES string of the molecule is CCOOCC(Cc1ccccc1)C(=O)O. The fourth-order valence-corrected chi connectivity index (χ4v) is 1.33.